The average molecular weight is 649 g/mol. The Kier molecular flexibility index (Phi) is 14.9. The number of hydrogen-bond donors (Lipinski definition) is 6. The second-order valence-electron chi connectivity index (χ2n) is 9.82. The number of phenolic OH excluding ortho intramolecular Hbond substituents is 2. The van der Waals surface area contributed by atoms with E-state index in [1.807, 2.05) is 0 Å². The molecule has 0 saturated carbocycles. The van der Waals surface area contributed by atoms with E-state index < -0.39 is 73.2 Å². The topological polar surface area (TPSA) is 244 Å². The molecule has 0 aliphatic rings. The number of ether oxygens (including phenoxy) is 4. The van der Waals surface area contributed by atoms with Crippen LogP contribution in [0.25, 0.3) is 0 Å². The van der Waals surface area contributed by atoms with Gasteiger partial charge in [-0.25, -0.2) is 0 Å². The number of aromatic hydroxyl groups is 2. The van der Waals surface area contributed by atoms with Gasteiger partial charge in [0.1, 0.15) is 24.0 Å². The van der Waals surface area contributed by atoms with Crippen molar-refractivity contribution in [2.45, 2.75) is 64.2 Å². The monoisotopic (exact) mass is 648 g/mol. The minimum absolute atomic E-state index is 0.0306. The van der Waals surface area contributed by atoms with Gasteiger partial charge in [0, 0.05) is 26.7 Å². The first kappa shape index (κ1) is 37.0. The highest BCUT2D eigenvalue weighted by Crippen LogP contribution is 2.15. The molecule has 2 unspecified atom stereocenters. The first-order chi connectivity index (χ1) is 21.7. The third-order valence-electron chi connectivity index (χ3n) is 5.97. The molecule has 2 aromatic carbocycles. The highest BCUT2D eigenvalue weighted by atomic mass is 16.6. The van der Waals surface area contributed by atoms with Crippen LogP contribution in [0.2, 0.25) is 0 Å². The Hall–Kier alpha value is -5.22. The molecule has 0 saturated heterocycles. The van der Waals surface area contributed by atoms with Crippen molar-refractivity contribution in [3.8, 4) is 11.5 Å². The zero-order valence-corrected chi connectivity index (χ0v) is 25.0. The molecule has 2 rings (SSSR count). The molecule has 0 spiro atoms. The van der Waals surface area contributed by atoms with Crippen molar-refractivity contribution in [3.05, 3.63) is 59.7 Å². The van der Waals surface area contributed by atoms with E-state index in [1.165, 1.54) is 48.5 Å². The Balaban J connectivity index is 2.34. The fourth-order valence-corrected chi connectivity index (χ4v) is 3.92. The maximum atomic E-state index is 13.5. The molecule has 16 nitrogen and oxygen atoms in total. The second kappa shape index (κ2) is 18.6. The van der Waals surface area contributed by atoms with E-state index in [-0.39, 0.29) is 37.6 Å². The van der Waals surface area contributed by atoms with E-state index in [2.05, 4.69) is 10.6 Å². The van der Waals surface area contributed by atoms with Crippen LogP contribution in [0, 0.1) is 0 Å². The molecule has 0 aromatic heterocycles. The van der Waals surface area contributed by atoms with Crippen molar-refractivity contribution < 1.29 is 68.1 Å². The first-order valence-corrected chi connectivity index (χ1v) is 13.9. The Morgan fingerprint density at radius 3 is 1.22 bits per heavy atom. The Morgan fingerprint density at radius 2 is 0.935 bits per heavy atom. The first-order valence-electron chi connectivity index (χ1n) is 13.9. The molecular weight excluding hydrogens is 612 g/mol. The van der Waals surface area contributed by atoms with Crippen LogP contribution in [-0.4, -0.2) is 94.0 Å². The lowest BCUT2D eigenvalue weighted by molar-refractivity contribution is -0.176. The number of amides is 2. The number of carbonyl (C=O) groups excluding carboxylic acids is 4. The predicted octanol–water partition coefficient (Wildman–Crippen LogP) is 0.614. The quantitative estimate of drug-likeness (QED) is 0.0903. The van der Waals surface area contributed by atoms with Crippen LogP contribution >= 0.6 is 0 Å². The molecule has 0 heterocycles. The van der Waals surface area contributed by atoms with Crippen molar-refractivity contribution >= 4 is 35.7 Å². The van der Waals surface area contributed by atoms with Gasteiger partial charge >= 0.3 is 23.9 Å². The third-order valence-corrected chi connectivity index (χ3v) is 5.97. The fraction of sp³-hybridized carbons (Fsp3) is 0.400. The van der Waals surface area contributed by atoms with Crippen molar-refractivity contribution in [1.82, 2.24) is 10.6 Å². The summed E-state index contributed by atoms with van der Waals surface area (Å²) in [5, 5.41) is 42.0. The summed E-state index contributed by atoms with van der Waals surface area (Å²) in [6.07, 6.45) is -7.52. The molecule has 16 heteroatoms. The van der Waals surface area contributed by atoms with Crippen LogP contribution in [-0.2, 0) is 60.6 Å². The number of benzene rings is 2. The summed E-state index contributed by atoms with van der Waals surface area (Å²) >= 11 is 0. The normalized spacial score (nSPS) is 13.3. The summed E-state index contributed by atoms with van der Waals surface area (Å²) < 4.78 is 21.3. The fourth-order valence-electron chi connectivity index (χ4n) is 3.92. The summed E-state index contributed by atoms with van der Waals surface area (Å²) in [7, 11) is 0. The number of nitrogens with one attached hydrogen (secondary N) is 2. The molecule has 0 aliphatic heterocycles. The van der Waals surface area contributed by atoms with Crippen LogP contribution in [0.4, 0.5) is 0 Å². The number of phenols is 2. The van der Waals surface area contributed by atoms with Gasteiger partial charge in [0.05, 0.1) is 26.1 Å². The summed E-state index contributed by atoms with van der Waals surface area (Å²) in [5.41, 5.74) is 1.10. The number of carboxylic acid groups (broad SMARTS) is 2. The number of carboxylic acids is 2. The van der Waals surface area contributed by atoms with E-state index in [4.69, 9.17) is 29.2 Å². The lowest BCUT2D eigenvalue weighted by Gasteiger charge is -2.28. The second-order valence-corrected chi connectivity index (χ2v) is 9.82. The Labute approximate surface area is 263 Å². The molecule has 2 aromatic rings. The summed E-state index contributed by atoms with van der Waals surface area (Å²) in [6, 6.07) is 11.6. The van der Waals surface area contributed by atoms with Gasteiger partial charge in [-0.3, -0.25) is 28.8 Å². The van der Waals surface area contributed by atoms with Gasteiger partial charge in [0.15, 0.2) is 0 Å². The van der Waals surface area contributed by atoms with Gasteiger partial charge in [0.25, 0.3) is 11.8 Å². The van der Waals surface area contributed by atoms with Gasteiger partial charge in [-0.05, 0) is 35.4 Å². The minimum Gasteiger partial charge on any atom is -0.508 e. The van der Waals surface area contributed by atoms with E-state index in [1.54, 1.807) is 0 Å². The van der Waals surface area contributed by atoms with E-state index in [9.17, 15) is 39.0 Å². The molecule has 2 amide bonds. The molecule has 0 aliphatic carbocycles. The molecular formula is C30H36N2O14. The molecule has 0 radical (unpaired) electrons. The van der Waals surface area contributed by atoms with E-state index in [0.717, 1.165) is 13.8 Å². The van der Waals surface area contributed by atoms with Crippen LogP contribution < -0.4 is 10.6 Å². The van der Waals surface area contributed by atoms with Crippen LogP contribution in [0.1, 0.15) is 37.8 Å². The largest absolute Gasteiger partial charge is 0.508 e. The molecule has 6 N–H and O–H groups in total. The average Bonchev–Trinajstić information content (AvgIpc) is 2.96. The van der Waals surface area contributed by atoms with Crippen molar-refractivity contribution in [3.63, 3.8) is 0 Å². The number of carbonyl (C=O) groups is 6. The number of rotatable bonds is 19. The zero-order chi connectivity index (χ0) is 34.2. The number of aliphatic carboxylic acids is 2. The lowest BCUT2D eigenvalue weighted by Crippen LogP contribution is -2.57. The molecule has 250 valence electrons. The summed E-state index contributed by atoms with van der Waals surface area (Å²) in [4.78, 5) is 73.1. The summed E-state index contributed by atoms with van der Waals surface area (Å²) in [6.45, 7) is 1.22. The third kappa shape index (κ3) is 14.0. The number of esters is 2. The van der Waals surface area contributed by atoms with Crippen molar-refractivity contribution in [2.75, 3.05) is 13.2 Å². The zero-order valence-electron chi connectivity index (χ0n) is 25.0. The molecule has 0 fully saturated rings. The molecule has 46 heavy (non-hydrogen) atoms. The van der Waals surface area contributed by atoms with Gasteiger partial charge < -0.3 is 50.0 Å². The van der Waals surface area contributed by atoms with E-state index >= 15 is 0 Å². The Bertz CT molecular complexity index is 1240. The smallest absolute Gasteiger partial charge is 0.305 e. The standard InChI is InChI=1S/C30H36N2O14/c1-17(33)45-27(29(41)31-23(43-13-11-25(37)38)15-19-3-7-21(35)8-4-19)28(46-18(2)34)30(42)32-24(44-14-12-26(39)40)16-20-5-9-22(36)10-6-20/h3-10,23-24,27-28,35-36H,11-16H2,1-2H3,(H,31,41)(H,32,42)(H,37,38)(H,39,40)/t23?,24?,27-,28-/m0/s1. The SMILES string of the molecule is CC(=O)O[C@H](C(=O)NC(Cc1ccc(O)cc1)OCCC(=O)O)[C@H](OC(C)=O)C(=O)NC(Cc1ccc(O)cc1)OCCC(=O)O. The highest BCUT2D eigenvalue weighted by Gasteiger charge is 2.41. The van der Waals surface area contributed by atoms with Gasteiger partial charge in [0.2, 0.25) is 12.2 Å². The van der Waals surface area contributed by atoms with E-state index in [0.29, 0.717) is 11.1 Å². The number of hydrogen-bond acceptors (Lipinski definition) is 12. The Morgan fingerprint density at radius 1 is 0.609 bits per heavy atom. The predicted molar refractivity (Wildman–Crippen MR) is 155 cm³/mol. The van der Waals surface area contributed by atoms with Crippen molar-refractivity contribution in [2.24, 2.45) is 0 Å². The van der Waals surface area contributed by atoms with Gasteiger partial charge in [-0.1, -0.05) is 24.3 Å². The van der Waals surface area contributed by atoms with Crippen LogP contribution in [0.15, 0.2) is 48.5 Å². The maximum absolute atomic E-state index is 13.5. The minimum atomic E-state index is -2.07. The van der Waals surface area contributed by atoms with Gasteiger partial charge in [-0.15, -0.1) is 0 Å². The highest BCUT2D eigenvalue weighted by molar-refractivity contribution is 5.93. The maximum Gasteiger partial charge on any atom is 0.305 e. The lowest BCUT2D eigenvalue weighted by atomic mass is 10.1. The van der Waals surface area contributed by atoms with Crippen LogP contribution in [0.5, 0.6) is 11.5 Å². The summed E-state index contributed by atoms with van der Waals surface area (Å²) in [5.74, 6) is -6.74. The van der Waals surface area contributed by atoms with Gasteiger partial charge in [-0.2, -0.15) is 0 Å². The molecule has 0 bridgehead atoms. The van der Waals surface area contributed by atoms with Crippen LogP contribution in [0.3, 0.4) is 0 Å². The van der Waals surface area contributed by atoms with Crippen molar-refractivity contribution in [1.29, 1.82) is 0 Å². The molecule has 4 atom stereocenters.